The Morgan fingerprint density at radius 2 is 1.65 bits per heavy atom. The number of sulfonamides is 1. The van der Waals surface area contributed by atoms with Gasteiger partial charge in [0.25, 0.3) is 5.69 Å². The van der Waals surface area contributed by atoms with Gasteiger partial charge in [-0.3, -0.25) is 14.9 Å². The van der Waals surface area contributed by atoms with E-state index in [9.17, 15) is 23.3 Å². The first-order valence-electron chi connectivity index (χ1n) is 7.65. The van der Waals surface area contributed by atoms with Crippen LogP contribution in [0.1, 0.15) is 24.1 Å². The van der Waals surface area contributed by atoms with Gasteiger partial charge >= 0.3 is 0 Å². The van der Waals surface area contributed by atoms with Crippen LogP contribution in [-0.2, 0) is 14.8 Å². The maximum atomic E-state index is 12.7. The lowest BCUT2D eigenvalue weighted by atomic mass is 9.98. The molecule has 0 aliphatic carbocycles. The molecule has 1 atom stereocenters. The van der Waals surface area contributed by atoms with Gasteiger partial charge in [0.2, 0.25) is 10.0 Å². The fourth-order valence-corrected chi connectivity index (χ4v) is 3.49. The zero-order chi connectivity index (χ0) is 19.5. The number of nitro groups is 1. The molecule has 136 valence electrons. The van der Waals surface area contributed by atoms with E-state index < -0.39 is 21.0 Å². The van der Waals surface area contributed by atoms with Crippen molar-refractivity contribution < 1.29 is 18.1 Å². The average molecular weight is 374 g/mol. The number of benzene rings is 2. The van der Waals surface area contributed by atoms with E-state index >= 15 is 0 Å². The molecule has 0 heterocycles. The number of hydrogen-bond donors (Lipinski definition) is 1. The fraction of sp³-hybridized carbons (Fsp3) is 0.167. The van der Waals surface area contributed by atoms with Crippen molar-refractivity contribution in [3.8, 4) is 0 Å². The average Bonchev–Trinajstić information content (AvgIpc) is 2.59. The number of ketones is 1. The van der Waals surface area contributed by atoms with Crippen LogP contribution in [-0.4, -0.2) is 19.1 Å². The summed E-state index contributed by atoms with van der Waals surface area (Å²) in [6, 6.07) is 10.5. The highest BCUT2D eigenvalue weighted by Gasteiger charge is 2.26. The molecule has 0 bridgehead atoms. The molecule has 0 aromatic heterocycles. The first-order valence-corrected chi connectivity index (χ1v) is 9.13. The molecule has 0 amide bonds. The summed E-state index contributed by atoms with van der Waals surface area (Å²) in [6.07, 6.45) is 0. The van der Waals surface area contributed by atoms with Crippen molar-refractivity contribution in [1.82, 2.24) is 4.72 Å². The van der Waals surface area contributed by atoms with E-state index in [1.54, 1.807) is 12.1 Å². The second-order valence-electron chi connectivity index (χ2n) is 5.80. The molecule has 26 heavy (non-hydrogen) atoms. The topological polar surface area (TPSA) is 106 Å². The van der Waals surface area contributed by atoms with Crippen molar-refractivity contribution in [2.45, 2.75) is 24.8 Å². The number of rotatable bonds is 7. The normalized spacial score (nSPS) is 12.4. The highest BCUT2D eigenvalue weighted by atomic mass is 32.2. The first kappa shape index (κ1) is 19.5. The monoisotopic (exact) mass is 374 g/mol. The Morgan fingerprint density at radius 3 is 2.12 bits per heavy atom. The fourth-order valence-electron chi connectivity index (χ4n) is 2.27. The van der Waals surface area contributed by atoms with Crippen molar-refractivity contribution >= 4 is 21.5 Å². The smallest absolute Gasteiger partial charge is 0.269 e. The lowest BCUT2D eigenvalue weighted by Gasteiger charge is -2.20. The summed E-state index contributed by atoms with van der Waals surface area (Å²) in [7, 11) is -3.93. The number of Topliss-reactive ketones (excluding diaryl/α,β-unsaturated/α-hetero) is 1. The van der Waals surface area contributed by atoms with E-state index in [1.807, 2.05) is 6.92 Å². The van der Waals surface area contributed by atoms with E-state index in [1.165, 1.54) is 43.3 Å². The van der Waals surface area contributed by atoms with Crippen LogP contribution in [0.3, 0.4) is 0 Å². The van der Waals surface area contributed by atoms with Gasteiger partial charge < -0.3 is 0 Å². The Labute approximate surface area is 151 Å². The Bertz CT molecular complexity index is 948. The molecule has 0 radical (unpaired) electrons. The van der Waals surface area contributed by atoms with Crippen molar-refractivity contribution in [1.29, 1.82) is 0 Å². The number of carbonyl (C=O) groups excluding carboxylic acids is 1. The quantitative estimate of drug-likeness (QED) is 0.455. The molecule has 2 rings (SSSR count). The van der Waals surface area contributed by atoms with Crippen molar-refractivity contribution in [3.63, 3.8) is 0 Å². The minimum atomic E-state index is -3.93. The van der Waals surface area contributed by atoms with Crippen LogP contribution in [0.25, 0.3) is 0 Å². The summed E-state index contributed by atoms with van der Waals surface area (Å²) in [5, 5.41) is 10.8. The summed E-state index contributed by atoms with van der Waals surface area (Å²) >= 11 is 0. The minimum Gasteiger partial charge on any atom is -0.295 e. The zero-order valence-electron chi connectivity index (χ0n) is 14.3. The molecule has 8 heteroatoms. The van der Waals surface area contributed by atoms with E-state index in [4.69, 9.17) is 0 Å². The highest BCUT2D eigenvalue weighted by molar-refractivity contribution is 7.89. The number of nitrogens with zero attached hydrogens (tertiary/aromatic N) is 1. The predicted octanol–water partition coefficient (Wildman–Crippen LogP) is 3.07. The van der Waals surface area contributed by atoms with Crippen LogP contribution in [0, 0.1) is 17.0 Å². The highest BCUT2D eigenvalue weighted by Crippen LogP contribution is 2.26. The summed E-state index contributed by atoms with van der Waals surface area (Å²) in [6.45, 7) is 6.78. The third-order valence-corrected chi connectivity index (χ3v) is 5.28. The van der Waals surface area contributed by atoms with Crippen molar-refractivity contribution in [2.75, 3.05) is 0 Å². The molecule has 7 nitrogen and oxygen atoms in total. The van der Waals surface area contributed by atoms with Crippen LogP contribution < -0.4 is 4.72 Å². The zero-order valence-corrected chi connectivity index (χ0v) is 15.1. The number of nitro benzene ring substituents is 1. The van der Waals surface area contributed by atoms with Gasteiger partial charge in [0, 0.05) is 17.7 Å². The molecule has 2 aromatic rings. The summed E-state index contributed by atoms with van der Waals surface area (Å²) in [4.78, 5) is 22.0. The maximum Gasteiger partial charge on any atom is 0.269 e. The predicted molar refractivity (Wildman–Crippen MR) is 97.2 cm³/mol. The molecule has 0 saturated carbocycles. The minimum absolute atomic E-state index is 0.0366. The number of aryl methyl sites for hydroxylation is 1. The van der Waals surface area contributed by atoms with E-state index in [0.29, 0.717) is 5.56 Å². The van der Waals surface area contributed by atoms with Gasteiger partial charge in [-0.25, -0.2) is 8.42 Å². The van der Waals surface area contributed by atoms with Gasteiger partial charge in [0.05, 0.1) is 15.9 Å². The lowest BCUT2D eigenvalue weighted by Crippen LogP contribution is -2.31. The van der Waals surface area contributed by atoms with Gasteiger partial charge in [-0.1, -0.05) is 36.4 Å². The largest absolute Gasteiger partial charge is 0.295 e. The molecule has 0 unspecified atom stereocenters. The Hall–Kier alpha value is -2.84. The molecule has 0 aliphatic heterocycles. The van der Waals surface area contributed by atoms with Gasteiger partial charge in [0.15, 0.2) is 5.78 Å². The van der Waals surface area contributed by atoms with E-state index in [2.05, 4.69) is 11.3 Å². The third kappa shape index (κ3) is 4.41. The number of carbonyl (C=O) groups is 1. The molecule has 2 aromatic carbocycles. The molecule has 0 fully saturated rings. The summed E-state index contributed by atoms with van der Waals surface area (Å²) in [5.41, 5.74) is 1.19. The second kappa shape index (κ2) is 7.59. The Kier molecular flexibility index (Phi) is 5.69. The van der Waals surface area contributed by atoms with Crippen molar-refractivity contribution in [2.24, 2.45) is 0 Å². The van der Waals surface area contributed by atoms with Crippen LogP contribution >= 0.6 is 0 Å². The molecule has 0 aliphatic rings. The lowest BCUT2D eigenvalue weighted by molar-refractivity contribution is -0.384. The molecule has 0 saturated heterocycles. The second-order valence-corrected chi connectivity index (χ2v) is 7.51. The van der Waals surface area contributed by atoms with E-state index in [-0.39, 0.29) is 21.9 Å². The number of non-ortho nitro benzene ring substituents is 1. The van der Waals surface area contributed by atoms with Crippen molar-refractivity contribution in [3.05, 3.63) is 81.9 Å². The molecule has 1 N–H and O–H groups in total. The van der Waals surface area contributed by atoms with Gasteiger partial charge in [-0.05, 0) is 31.5 Å². The SMILES string of the molecule is C=C(C(C)=O)[C@H](NS(=O)(=O)c1ccc(C)cc1)c1ccc([N+](=O)[O-])cc1. The van der Waals surface area contributed by atoms with Gasteiger partial charge in [-0.2, -0.15) is 4.72 Å². The van der Waals surface area contributed by atoms with Gasteiger partial charge in [-0.15, -0.1) is 0 Å². The maximum absolute atomic E-state index is 12.7. The van der Waals surface area contributed by atoms with Gasteiger partial charge in [0.1, 0.15) is 0 Å². The van der Waals surface area contributed by atoms with Crippen LogP contribution in [0.5, 0.6) is 0 Å². The Balaban J connectivity index is 2.42. The number of hydrogen-bond acceptors (Lipinski definition) is 5. The van der Waals surface area contributed by atoms with Crippen LogP contribution in [0.2, 0.25) is 0 Å². The molecular weight excluding hydrogens is 356 g/mol. The third-order valence-electron chi connectivity index (χ3n) is 3.84. The standard InChI is InChI=1S/C18H18N2O5S/c1-12-4-10-17(11-5-12)26(24,25)19-18(13(2)14(3)21)15-6-8-16(9-7-15)20(22)23/h4-11,18-19H,2H2,1,3H3/t18-/m0/s1. The number of nitrogens with one attached hydrogen (secondary N) is 1. The summed E-state index contributed by atoms with van der Waals surface area (Å²) in [5.74, 6) is -0.389. The molecule has 0 spiro atoms. The Morgan fingerprint density at radius 1 is 1.12 bits per heavy atom. The summed E-state index contributed by atoms with van der Waals surface area (Å²) < 4.78 is 27.8. The van der Waals surface area contributed by atoms with Crippen LogP contribution in [0.15, 0.2) is 65.6 Å². The van der Waals surface area contributed by atoms with Crippen LogP contribution in [0.4, 0.5) is 5.69 Å². The van der Waals surface area contributed by atoms with E-state index in [0.717, 1.165) is 5.56 Å². The first-order chi connectivity index (χ1) is 12.1. The molecular formula is C18H18N2O5S.